The Labute approximate surface area is 187 Å². The van der Waals surface area contributed by atoms with Gasteiger partial charge in [-0.15, -0.1) is 0 Å². The molecule has 1 unspecified atom stereocenters. The number of benzene rings is 1. The van der Waals surface area contributed by atoms with Crippen LogP contribution < -0.4 is 15.0 Å². The van der Waals surface area contributed by atoms with Crippen LogP contribution in [0.15, 0.2) is 48.7 Å². The molecule has 2 fully saturated rings. The highest BCUT2D eigenvalue weighted by molar-refractivity contribution is 6.05. The van der Waals surface area contributed by atoms with Crippen molar-refractivity contribution in [2.24, 2.45) is 0 Å². The van der Waals surface area contributed by atoms with Crippen LogP contribution >= 0.6 is 0 Å². The van der Waals surface area contributed by atoms with Crippen LogP contribution in [0.2, 0.25) is 0 Å². The SMILES string of the molecule is COc1ccc(CCN2C(=O)NC(CC(=O)N3CCN(c4ccccn4)CC3)C2=O)cc1. The first-order valence-electron chi connectivity index (χ1n) is 10.7. The number of nitrogens with one attached hydrogen (secondary N) is 1. The second-order valence-corrected chi connectivity index (χ2v) is 7.85. The molecule has 168 valence electrons. The number of urea groups is 1. The van der Waals surface area contributed by atoms with Crippen molar-refractivity contribution in [1.29, 1.82) is 0 Å². The van der Waals surface area contributed by atoms with Gasteiger partial charge in [-0.1, -0.05) is 18.2 Å². The van der Waals surface area contributed by atoms with Crippen LogP contribution in [0.1, 0.15) is 12.0 Å². The zero-order chi connectivity index (χ0) is 22.5. The Morgan fingerprint density at radius 3 is 2.50 bits per heavy atom. The molecule has 0 radical (unpaired) electrons. The van der Waals surface area contributed by atoms with E-state index in [2.05, 4.69) is 15.2 Å². The molecular formula is C23H27N5O4. The van der Waals surface area contributed by atoms with Crippen LogP contribution in [0.25, 0.3) is 0 Å². The first-order valence-corrected chi connectivity index (χ1v) is 10.7. The van der Waals surface area contributed by atoms with Crippen molar-refractivity contribution in [3.8, 4) is 5.75 Å². The lowest BCUT2D eigenvalue weighted by molar-refractivity contribution is -0.136. The van der Waals surface area contributed by atoms with Crippen LogP contribution in [-0.4, -0.2) is 78.5 Å². The maximum atomic E-state index is 12.8. The third kappa shape index (κ3) is 4.82. The molecule has 3 heterocycles. The van der Waals surface area contributed by atoms with Gasteiger partial charge in [-0.2, -0.15) is 0 Å². The average molecular weight is 438 g/mol. The van der Waals surface area contributed by atoms with Gasteiger partial charge in [0.05, 0.1) is 13.5 Å². The van der Waals surface area contributed by atoms with Gasteiger partial charge in [-0.05, 0) is 36.2 Å². The van der Waals surface area contributed by atoms with E-state index < -0.39 is 12.1 Å². The Kier molecular flexibility index (Phi) is 6.53. The molecule has 9 heteroatoms. The molecule has 0 bridgehead atoms. The van der Waals surface area contributed by atoms with Gasteiger partial charge in [0.2, 0.25) is 5.91 Å². The minimum atomic E-state index is -0.806. The largest absolute Gasteiger partial charge is 0.497 e. The molecule has 0 aliphatic carbocycles. The van der Waals surface area contributed by atoms with Gasteiger partial charge in [0.15, 0.2) is 0 Å². The van der Waals surface area contributed by atoms with Gasteiger partial charge >= 0.3 is 6.03 Å². The Morgan fingerprint density at radius 1 is 1.09 bits per heavy atom. The number of hydrogen-bond donors (Lipinski definition) is 1. The lowest BCUT2D eigenvalue weighted by Crippen LogP contribution is -2.50. The van der Waals surface area contributed by atoms with Crippen LogP contribution in [0.3, 0.4) is 0 Å². The summed E-state index contributed by atoms with van der Waals surface area (Å²) in [6.45, 7) is 2.75. The molecule has 32 heavy (non-hydrogen) atoms. The molecule has 4 amide bonds. The summed E-state index contributed by atoms with van der Waals surface area (Å²) in [4.78, 5) is 47.2. The number of rotatable bonds is 7. The van der Waals surface area contributed by atoms with E-state index >= 15 is 0 Å². The minimum Gasteiger partial charge on any atom is -0.497 e. The monoisotopic (exact) mass is 437 g/mol. The topological polar surface area (TPSA) is 95.1 Å². The fourth-order valence-corrected chi connectivity index (χ4v) is 3.99. The second-order valence-electron chi connectivity index (χ2n) is 7.85. The zero-order valence-electron chi connectivity index (χ0n) is 18.1. The average Bonchev–Trinajstić information content (AvgIpc) is 3.10. The van der Waals surface area contributed by atoms with Crippen LogP contribution in [0.5, 0.6) is 5.75 Å². The summed E-state index contributed by atoms with van der Waals surface area (Å²) >= 11 is 0. The summed E-state index contributed by atoms with van der Waals surface area (Å²) in [5, 5.41) is 2.66. The van der Waals surface area contributed by atoms with Crippen molar-refractivity contribution in [2.45, 2.75) is 18.9 Å². The molecule has 9 nitrogen and oxygen atoms in total. The summed E-state index contributed by atoms with van der Waals surface area (Å²) in [5.41, 5.74) is 0.997. The molecule has 1 aromatic carbocycles. The van der Waals surface area contributed by atoms with E-state index in [4.69, 9.17) is 4.74 Å². The van der Waals surface area contributed by atoms with Crippen molar-refractivity contribution < 1.29 is 19.1 Å². The van der Waals surface area contributed by atoms with Crippen molar-refractivity contribution in [3.63, 3.8) is 0 Å². The maximum absolute atomic E-state index is 12.8. The number of amides is 4. The number of carbonyl (C=O) groups is 3. The Morgan fingerprint density at radius 2 is 1.84 bits per heavy atom. The molecule has 2 saturated heterocycles. The van der Waals surface area contributed by atoms with E-state index in [0.717, 1.165) is 17.1 Å². The molecule has 4 rings (SSSR count). The van der Waals surface area contributed by atoms with E-state index in [1.54, 1.807) is 18.2 Å². The number of ether oxygens (including phenoxy) is 1. The smallest absolute Gasteiger partial charge is 0.324 e. The van der Waals surface area contributed by atoms with Gasteiger partial charge in [-0.3, -0.25) is 14.5 Å². The minimum absolute atomic E-state index is 0.0206. The molecule has 0 spiro atoms. The molecule has 1 atom stereocenters. The number of carbonyl (C=O) groups excluding carboxylic acids is 3. The molecular weight excluding hydrogens is 410 g/mol. The summed E-state index contributed by atoms with van der Waals surface area (Å²) in [5.74, 6) is 1.18. The number of piperazine rings is 1. The molecule has 2 aliphatic rings. The summed E-state index contributed by atoms with van der Waals surface area (Å²) < 4.78 is 5.14. The van der Waals surface area contributed by atoms with Crippen molar-refractivity contribution >= 4 is 23.7 Å². The van der Waals surface area contributed by atoms with E-state index in [-0.39, 0.29) is 24.8 Å². The maximum Gasteiger partial charge on any atom is 0.324 e. The number of imide groups is 1. The Bertz CT molecular complexity index is 958. The number of methoxy groups -OCH3 is 1. The number of pyridine rings is 1. The van der Waals surface area contributed by atoms with Crippen LogP contribution in [-0.2, 0) is 16.0 Å². The summed E-state index contributed by atoms with van der Waals surface area (Å²) in [6, 6.07) is 12.0. The van der Waals surface area contributed by atoms with Gasteiger partial charge in [0.25, 0.3) is 5.91 Å². The summed E-state index contributed by atoms with van der Waals surface area (Å²) in [7, 11) is 1.60. The lowest BCUT2D eigenvalue weighted by Gasteiger charge is -2.35. The van der Waals surface area contributed by atoms with Crippen molar-refractivity contribution in [2.75, 3.05) is 44.7 Å². The third-order valence-electron chi connectivity index (χ3n) is 5.87. The van der Waals surface area contributed by atoms with Crippen LogP contribution in [0.4, 0.5) is 10.6 Å². The van der Waals surface area contributed by atoms with E-state index in [1.165, 1.54) is 4.90 Å². The number of anilines is 1. The Hall–Kier alpha value is -3.62. The summed E-state index contributed by atoms with van der Waals surface area (Å²) in [6.07, 6.45) is 2.27. The molecule has 2 aromatic rings. The zero-order valence-corrected chi connectivity index (χ0v) is 18.1. The second kappa shape index (κ2) is 9.67. The highest BCUT2D eigenvalue weighted by Gasteiger charge is 2.39. The van der Waals surface area contributed by atoms with Crippen molar-refractivity contribution in [1.82, 2.24) is 20.1 Å². The third-order valence-corrected chi connectivity index (χ3v) is 5.87. The van der Waals surface area contributed by atoms with Crippen molar-refractivity contribution in [3.05, 3.63) is 54.2 Å². The first kappa shape index (κ1) is 21.6. The van der Waals surface area contributed by atoms with Gasteiger partial charge in [0.1, 0.15) is 17.6 Å². The molecule has 0 saturated carbocycles. The molecule has 2 aliphatic heterocycles. The van der Waals surface area contributed by atoms with Gasteiger partial charge in [-0.25, -0.2) is 9.78 Å². The quantitative estimate of drug-likeness (QED) is 0.656. The van der Waals surface area contributed by atoms with E-state index in [1.807, 2.05) is 42.5 Å². The Balaban J connectivity index is 1.26. The van der Waals surface area contributed by atoms with Crippen LogP contribution in [0, 0.1) is 0 Å². The molecule has 1 N–H and O–H groups in total. The van der Waals surface area contributed by atoms with Gasteiger partial charge < -0.3 is 19.9 Å². The van der Waals surface area contributed by atoms with E-state index in [9.17, 15) is 14.4 Å². The molecule has 1 aromatic heterocycles. The number of aromatic nitrogens is 1. The lowest BCUT2D eigenvalue weighted by atomic mass is 10.1. The van der Waals surface area contributed by atoms with Gasteiger partial charge in [0, 0.05) is 38.9 Å². The predicted octanol–water partition coefficient (Wildman–Crippen LogP) is 1.29. The highest BCUT2D eigenvalue weighted by atomic mass is 16.5. The number of nitrogens with zero attached hydrogens (tertiary/aromatic N) is 4. The standard InChI is InChI=1S/C23H27N5O4/c1-32-18-7-5-17(6-8-18)9-11-28-22(30)19(25-23(28)31)16-21(29)27-14-12-26(13-15-27)20-4-2-3-10-24-20/h2-8,10,19H,9,11-16H2,1H3,(H,25,31). The fraction of sp³-hybridized carbons (Fsp3) is 0.391. The fourth-order valence-electron chi connectivity index (χ4n) is 3.99. The highest BCUT2D eigenvalue weighted by Crippen LogP contribution is 2.17. The predicted molar refractivity (Wildman–Crippen MR) is 118 cm³/mol. The normalized spacial score (nSPS) is 18.7. The van der Waals surface area contributed by atoms with E-state index in [0.29, 0.717) is 32.6 Å². The first-order chi connectivity index (χ1) is 15.5. The number of hydrogen-bond acceptors (Lipinski definition) is 6.